The van der Waals surface area contributed by atoms with E-state index < -0.39 is 13.9 Å². The number of carbonyl (C=O) groups is 2. The molecule has 0 aromatic carbocycles. The topological polar surface area (TPSA) is 109 Å². The van der Waals surface area contributed by atoms with Gasteiger partial charge in [0.25, 0.3) is 0 Å². The molecule has 0 aliphatic rings. The van der Waals surface area contributed by atoms with Gasteiger partial charge in [-0.3, -0.25) is 23.2 Å². The first-order valence-electron chi connectivity index (χ1n) is 8.89. The molecule has 0 aliphatic carbocycles. The van der Waals surface area contributed by atoms with Crippen LogP contribution in [0.4, 0.5) is 0 Å². The number of amides is 1. The zero-order valence-electron chi connectivity index (χ0n) is 16.6. The predicted octanol–water partition coefficient (Wildman–Crippen LogP) is 2.60. The molecular formula is C17H32NO8P. The third kappa shape index (κ3) is 14.5. The molecule has 0 rings (SSSR count). The molecule has 0 radical (unpaired) electrons. The van der Waals surface area contributed by atoms with Crippen LogP contribution in [0.25, 0.3) is 0 Å². The molecule has 0 bridgehead atoms. The number of ether oxygens (including phenoxy) is 2. The zero-order valence-corrected chi connectivity index (χ0v) is 17.5. The number of phosphoric acid groups is 1. The van der Waals surface area contributed by atoms with Gasteiger partial charge in [-0.25, -0.2) is 4.57 Å². The second kappa shape index (κ2) is 14.8. The maximum absolute atomic E-state index is 12.5. The summed E-state index contributed by atoms with van der Waals surface area (Å²) in [5.41, 5.74) is 0. The third-order valence-corrected chi connectivity index (χ3v) is 4.43. The summed E-state index contributed by atoms with van der Waals surface area (Å²) in [5.74, 6) is -0.633. The van der Waals surface area contributed by atoms with Gasteiger partial charge < -0.3 is 14.8 Å². The van der Waals surface area contributed by atoms with Crippen LogP contribution in [0.3, 0.4) is 0 Å². The Morgan fingerprint density at radius 3 is 2.41 bits per heavy atom. The van der Waals surface area contributed by atoms with E-state index in [2.05, 4.69) is 11.9 Å². The van der Waals surface area contributed by atoms with Gasteiger partial charge in [0, 0.05) is 20.3 Å². The number of nitrogens with one attached hydrogen (secondary N) is 1. The summed E-state index contributed by atoms with van der Waals surface area (Å²) in [4.78, 5) is 22.2. The summed E-state index contributed by atoms with van der Waals surface area (Å²) in [6.45, 7) is 10.4. The van der Waals surface area contributed by atoms with Crippen LogP contribution >= 0.6 is 7.82 Å². The molecule has 0 fully saturated rings. The highest BCUT2D eigenvalue weighted by atomic mass is 31.2. The van der Waals surface area contributed by atoms with Gasteiger partial charge in [0.05, 0.1) is 39.1 Å². The highest BCUT2D eigenvalue weighted by Gasteiger charge is 2.28. The Hall–Kier alpha value is -1.25. The number of hydrogen-bond acceptors (Lipinski definition) is 8. The molecule has 0 heterocycles. The molecule has 9 nitrogen and oxygen atoms in total. The fraction of sp³-hybridized carbons (Fsp3) is 0.765. The van der Waals surface area contributed by atoms with Crippen molar-refractivity contribution in [2.75, 3.05) is 33.0 Å². The lowest BCUT2D eigenvalue weighted by Gasteiger charge is -2.22. The van der Waals surface area contributed by atoms with E-state index in [9.17, 15) is 14.2 Å². The summed E-state index contributed by atoms with van der Waals surface area (Å²) in [6, 6.07) is -0.544. The highest BCUT2D eigenvalue weighted by molar-refractivity contribution is 7.48. The maximum atomic E-state index is 12.5. The van der Waals surface area contributed by atoms with Crippen LogP contribution in [0.1, 0.15) is 40.5 Å². The van der Waals surface area contributed by atoms with E-state index in [0.717, 1.165) is 0 Å². The van der Waals surface area contributed by atoms with Crippen molar-refractivity contribution in [3.05, 3.63) is 12.7 Å². The summed E-state index contributed by atoms with van der Waals surface area (Å²) < 4.78 is 38.7. The first kappa shape index (κ1) is 25.8. The average molecular weight is 409 g/mol. The molecule has 0 aliphatic heterocycles. The van der Waals surface area contributed by atoms with E-state index in [4.69, 9.17) is 23.0 Å². The van der Waals surface area contributed by atoms with Crippen molar-refractivity contribution in [3.8, 4) is 0 Å². The molecule has 10 heteroatoms. The Morgan fingerprint density at radius 2 is 1.85 bits per heavy atom. The summed E-state index contributed by atoms with van der Waals surface area (Å²) in [5, 5.41) is 2.66. The molecular weight excluding hydrogens is 377 g/mol. The molecule has 0 aromatic rings. The summed E-state index contributed by atoms with van der Waals surface area (Å²) in [7, 11) is -3.76. The van der Waals surface area contributed by atoms with Crippen LogP contribution in [0.2, 0.25) is 0 Å². The Bertz CT molecular complexity index is 499. The predicted molar refractivity (Wildman–Crippen MR) is 100 cm³/mol. The number of carbonyl (C=O) groups excluding carboxylic acids is 2. The quantitative estimate of drug-likeness (QED) is 0.179. The van der Waals surface area contributed by atoms with Crippen LogP contribution in [-0.2, 0) is 37.2 Å². The zero-order chi connectivity index (χ0) is 20.7. The SMILES string of the molecule is C=CCOP(=O)(OCCC)OC[C@@H](COCC[C@@H](C)OC(C)=O)NC(C)=O. The van der Waals surface area contributed by atoms with Gasteiger partial charge in [0.2, 0.25) is 5.91 Å². The number of esters is 1. The normalized spacial score (nSPS) is 15.4. The molecule has 158 valence electrons. The van der Waals surface area contributed by atoms with Gasteiger partial charge in [-0.2, -0.15) is 0 Å². The molecule has 1 amide bonds. The fourth-order valence-corrected chi connectivity index (χ4v) is 3.16. The van der Waals surface area contributed by atoms with E-state index in [1.807, 2.05) is 6.92 Å². The minimum atomic E-state index is -3.76. The maximum Gasteiger partial charge on any atom is 0.475 e. The minimum absolute atomic E-state index is 0.0103. The van der Waals surface area contributed by atoms with Gasteiger partial charge >= 0.3 is 13.8 Å². The van der Waals surface area contributed by atoms with E-state index in [1.165, 1.54) is 19.9 Å². The van der Waals surface area contributed by atoms with Crippen molar-refractivity contribution in [1.82, 2.24) is 5.32 Å². The molecule has 27 heavy (non-hydrogen) atoms. The molecule has 1 unspecified atom stereocenters. The van der Waals surface area contributed by atoms with Crippen molar-refractivity contribution in [3.63, 3.8) is 0 Å². The first-order valence-corrected chi connectivity index (χ1v) is 10.3. The lowest BCUT2D eigenvalue weighted by molar-refractivity contribution is -0.146. The van der Waals surface area contributed by atoms with Crippen molar-refractivity contribution in [2.24, 2.45) is 0 Å². The van der Waals surface area contributed by atoms with Gasteiger partial charge in [-0.05, 0) is 13.3 Å². The minimum Gasteiger partial charge on any atom is -0.463 e. The van der Waals surface area contributed by atoms with E-state index >= 15 is 0 Å². The molecule has 3 atom stereocenters. The fourth-order valence-electron chi connectivity index (χ4n) is 1.88. The van der Waals surface area contributed by atoms with Gasteiger partial charge in [-0.15, -0.1) is 6.58 Å². The number of hydrogen-bond donors (Lipinski definition) is 1. The molecule has 0 spiro atoms. The van der Waals surface area contributed by atoms with Crippen LogP contribution in [0, 0.1) is 0 Å². The van der Waals surface area contributed by atoms with Crippen molar-refractivity contribution in [2.45, 2.75) is 52.7 Å². The van der Waals surface area contributed by atoms with Gasteiger partial charge in [0.1, 0.15) is 6.10 Å². The molecule has 1 N–H and O–H groups in total. The van der Waals surface area contributed by atoms with E-state index in [-0.39, 0.29) is 44.4 Å². The van der Waals surface area contributed by atoms with E-state index in [0.29, 0.717) is 19.4 Å². The second-order valence-electron chi connectivity index (χ2n) is 5.84. The summed E-state index contributed by atoms with van der Waals surface area (Å²) in [6.07, 6.45) is 2.31. The van der Waals surface area contributed by atoms with Crippen LogP contribution in [0.15, 0.2) is 12.7 Å². The smallest absolute Gasteiger partial charge is 0.463 e. The standard InChI is InChI=1S/C17H32NO8P/c1-6-9-23-27(21,24-10-7-2)25-13-17(18-15(4)19)12-22-11-8-14(3)26-16(5)20/h6,14,17H,1,7-13H2,2-5H3,(H,18,19)/t14-,17-,27?/m1/s1. The number of phosphoric ester groups is 1. The Balaban J connectivity index is 4.52. The van der Waals surface area contributed by atoms with Gasteiger partial charge in [0.15, 0.2) is 0 Å². The number of rotatable bonds is 16. The van der Waals surface area contributed by atoms with Crippen molar-refractivity contribution < 1.29 is 37.2 Å². The van der Waals surface area contributed by atoms with Gasteiger partial charge in [-0.1, -0.05) is 13.0 Å². The lowest BCUT2D eigenvalue weighted by atomic mass is 10.3. The second-order valence-corrected chi connectivity index (χ2v) is 7.51. The largest absolute Gasteiger partial charge is 0.475 e. The Labute approximate surface area is 161 Å². The van der Waals surface area contributed by atoms with Crippen LogP contribution < -0.4 is 5.32 Å². The first-order chi connectivity index (χ1) is 12.7. The van der Waals surface area contributed by atoms with Crippen molar-refractivity contribution >= 4 is 19.7 Å². The molecule has 0 aromatic heterocycles. The average Bonchev–Trinajstić information content (AvgIpc) is 2.58. The van der Waals surface area contributed by atoms with Crippen LogP contribution in [-0.4, -0.2) is 57.1 Å². The Kier molecular flexibility index (Phi) is 14.1. The third-order valence-electron chi connectivity index (χ3n) is 3.00. The highest BCUT2D eigenvalue weighted by Crippen LogP contribution is 2.49. The monoisotopic (exact) mass is 409 g/mol. The molecule has 0 saturated carbocycles. The molecule has 0 saturated heterocycles. The summed E-state index contributed by atoms with van der Waals surface area (Å²) >= 11 is 0. The lowest BCUT2D eigenvalue weighted by Crippen LogP contribution is -2.40. The van der Waals surface area contributed by atoms with E-state index in [1.54, 1.807) is 6.92 Å². The van der Waals surface area contributed by atoms with Crippen LogP contribution in [0.5, 0.6) is 0 Å². The van der Waals surface area contributed by atoms with Crippen molar-refractivity contribution in [1.29, 1.82) is 0 Å². The Morgan fingerprint density at radius 1 is 1.15 bits per heavy atom.